The molecule has 0 aromatic heterocycles. The van der Waals surface area contributed by atoms with Crippen molar-refractivity contribution in [2.75, 3.05) is 5.32 Å². The summed E-state index contributed by atoms with van der Waals surface area (Å²) in [5.41, 5.74) is 1.73. The predicted octanol–water partition coefficient (Wildman–Crippen LogP) is 5.18. The van der Waals surface area contributed by atoms with Gasteiger partial charge in [0.1, 0.15) is 5.82 Å². The van der Waals surface area contributed by atoms with E-state index in [-0.39, 0.29) is 11.9 Å². The Bertz CT molecular complexity index is 572. The Morgan fingerprint density at radius 1 is 1.16 bits per heavy atom. The zero-order chi connectivity index (χ0) is 13.8. The van der Waals surface area contributed by atoms with Crippen LogP contribution in [0.1, 0.15) is 12.5 Å². The van der Waals surface area contributed by atoms with Gasteiger partial charge in [-0.2, -0.15) is 0 Å². The van der Waals surface area contributed by atoms with Crippen LogP contribution in [0.2, 0.25) is 10.0 Å². The van der Waals surface area contributed by atoms with Gasteiger partial charge in [0.15, 0.2) is 0 Å². The van der Waals surface area contributed by atoms with E-state index >= 15 is 0 Å². The lowest BCUT2D eigenvalue weighted by Gasteiger charge is -2.16. The first-order valence-electron chi connectivity index (χ1n) is 6.00. The first-order valence-corrected chi connectivity index (χ1v) is 6.76. The zero-order valence-corrected chi connectivity index (χ0v) is 12.0. The molecule has 2 rings (SSSR count). The van der Waals surface area contributed by atoms with E-state index in [1.165, 1.54) is 12.1 Å². The van der Waals surface area contributed by atoms with Gasteiger partial charge in [0.25, 0.3) is 0 Å². The second-order valence-electron chi connectivity index (χ2n) is 4.50. The van der Waals surface area contributed by atoms with Gasteiger partial charge in [-0.1, -0.05) is 35.3 Å². The quantitative estimate of drug-likeness (QED) is 0.820. The lowest BCUT2D eigenvalue weighted by Crippen LogP contribution is -2.18. The molecule has 0 radical (unpaired) electrons. The van der Waals surface area contributed by atoms with Gasteiger partial charge in [0.2, 0.25) is 0 Å². The molecule has 0 fully saturated rings. The molecule has 0 aliphatic heterocycles. The van der Waals surface area contributed by atoms with Crippen LogP contribution in [0.15, 0.2) is 42.5 Å². The highest BCUT2D eigenvalue weighted by Gasteiger charge is 2.07. The minimum Gasteiger partial charge on any atom is -0.381 e. The maximum atomic E-state index is 13.1. The molecule has 1 nitrogen and oxygen atoms in total. The maximum Gasteiger partial charge on any atom is 0.123 e. The molecule has 1 N–H and O–H groups in total. The van der Waals surface area contributed by atoms with Crippen LogP contribution in [-0.2, 0) is 6.42 Å². The second kappa shape index (κ2) is 6.27. The number of hydrogen-bond donors (Lipinski definition) is 1. The lowest BCUT2D eigenvalue weighted by molar-refractivity contribution is 0.624. The predicted molar refractivity (Wildman–Crippen MR) is 79.7 cm³/mol. The van der Waals surface area contributed by atoms with Crippen LogP contribution in [-0.4, -0.2) is 6.04 Å². The van der Waals surface area contributed by atoms with Gasteiger partial charge in [-0.25, -0.2) is 4.39 Å². The molecule has 0 bridgehead atoms. The summed E-state index contributed by atoms with van der Waals surface area (Å²) in [6, 6.07) is 12.0. The van der Waals surface area contributed by atoms with Crippen molar-refractivity contribution in [1.82, 2.24) is 0 Å². The van der Waals surface area contributed by atoms with Crippen LogP contribution < -0.4 is 5.32 Å². The average molecular weight is 298 g/mol. The molecular weight excluding hydrogens is 284 g/mol. The van der Waals surface area contributed by atoms with Gasteiger partial charge >= 0.3 is 0 Å². The molecule has 0 aliphatic rings. The van der Waals surface area contributed by atoms with Crippen molar-refractivity contribution < 1.29 is 4.39 Å². The molecular formula is C15H14Cl2FN. The summed E-state index contributed by atoms with van der Waals surface area (Å²) in [6.45, 7) is 2.02. The van der Waals surface area contributed by atoms with Crippen LogP contribution in [0.25, 0.3) is 0 Å². The van der Waals surface area contributed by atoms with Gasteiger partial charge in [-0.3, -0.25) is 0 Å². The molecule has 0 saturated heterocycles. The minimum absolute atomic E-state index is 0.123. The average Bonchev–Trinajstić information content (AvgIpc) is 2.34. The summed E-state index contributed by atoms with van der Waals surface area (Å²) in [5, 5.41) is 4.53. The molecule has 2 aromatic rings. The third-order valence-electron chi connectivity index (χ3n) is 2.76. The third kappa shape index (κ3) is 4.12. The second-order valence-corrected chi connectivity index (χ2v) is 5.35. The summed E-state index contributed by atoms with van der Waals surface area (Å²) < 4.78 is 13.1. The molecule has 0 aliphatic carbocycles. The molecule has 0 spiro atoms. The lowest BCUT2D eigenvalue weighted by atomic mass is 10.1. The Kier molecular flexibility index (Phi) is 4.67. The van der Waals surface area contributed by atoms with E-state index in [1.54, 1.807) is 24.3 Å². The highest BCUT2D eigenvalue weighted by atomic mass is 35.5. The van der Waals surface area contributed by atoms with Crippen LogP contribution in [0, 0.1) is 5.82 Å². The molecule has 2 aromatic carbocycles. The number of hydrogen-bond acceptors (Lipinski definition) is 1. The summed E-state index contributed by atoms with van der Waals surface area (Å²) in [7, 11) is 0. The fourth-order valence-electron chi connectivity index (χ4n) is 1.94. The minimum atomic E-state index is -0.217. The Labute approximate surface area is 122 Å². The highest BCUT2D eigenvalue weighted by molar-refractivity contribution is 6.35. The van der Waals surface area contributed by atoms with Crippen molar-refractivity contribution in [2.45, 2.75) is 19.4 Å². The number of benzene rings is 2. The van der Waals surface area contributed by atoms with Crippen LogP contribution in [0.4, 0.5) is 10.1 Å². The molecule has 19 heavy (non-hydrogen) atoms. The molecule has 0 saturated carbocycles. The highest BCUT2D eigenvalue weighted by Crippen LogP contribution is 2.26. The van der Waals surface area contributed by atoms with Gasteiger partial charge < -0.3 is 5.32 Å². The van der Waals surface area contributed by atoms with Gasteiger partial charge in [0.05, 0.1) is 10.7 Å². The summed E-state index contributed by atoms with van der Waals surface area (Å²) in [6.07, 6.45) is 0.709. The Balaban J connectivity index is 2.05. The Morgan fingerprint density at radius 3 is 2.68 bits per heavy atom. The van der Waals surface area contributed by atoms with Crippen LogP contribution >= 0.6 is 23.2 Å². The number of nitrogens with one attached hydrogen (secondary N) is 1. The van der Waals surface area contributed by atoms with Crippen molar-refractivity contribution in [2.24, 2.45) is 0 Å². The van der Waals surface area contributed by atoms with Crippen molar-refractivity contribution in [3.05, 3.63) is 63.9 Å². The van der Waals surface area contributed by atoms with E-state index in [9.17, 15) is 4.39 Å². The number of rotatable bonds is 4. The smallest absolute Gasteiger partial charge is 0.123 e. The van der Waals surface area contributed by atoms with E-state index in [0.717, 1.165) is 11.3 Å². The zero-order valence-electron chi connectivity index (χ0n) is 10.5. The van der Waals surface area contributed by atoms with Gasteiger partial charge in [0, 0.05) is 11.1 Å². The van der Waals surface area contributed by atoms with Gasteiger partial charge in [-0.15, -0.1) is 0 Å². The summed E-state index contributed by atoms with van der Waals surface area (Å²) >= 11 is 12.0. The van der Waals surface area contributed by atoms with Crippen molar-refractivity contribution >= 4 is 28.9 Å². The van der Waals surface area contributed by atoms with Gasteiger partial charge in [-0.05, 0) is 49.2 Å². The molecule has 1 unspecified atom stereocenters. The van der Waals surface area contributed by atoms with E-state index in [2.05, 4.69) is 5.32 Å². The third-order valence-corrected chi connectivity index (χ3v) is 3.33. The molecule has 0 amide bonds. The van der Waals surface area contributed by atoms with Crippen molar-refractivity contribution in [1.29, 1.82) is 0 Å². The van der Waals surface area contributed by atoms with E-state index in [1.807, 2.05) is 13.0 Å². The summed E-state index contributed by atoms with van der Waals surface area (Å²) in [5.74, 6) is -0.217. The van der Waals surface area contributed by atoms with E-state index < -0.39 is 0 Å². The Morgan fingerprint density at radius 2 is 1.95 bits per heavy atom. The number of halogens is 3. The first-order chi connectivity index (χ1) is 9.04. The molecule has 100 valence electrons. The first kappa shape index (κ1) is 14.2. The molecule has 4 heteroatoms. The fraction of sp³-hybridized carbons (Fsp3) is 0.200. The maximum absolute atomic E-state index is 13.1. The molecule has 1 atom stereocenters. The van der Waals surface area contributed by atoms with Crippen molar-refractivity contribution in [3.8, 4) is 0 Å². The topological polar surface area (TPSA) is 12.0 Å². The van der Waals surface area contributed by atoms with Crippen molar-refractivity contribution in [3.63, 3.8) is 0 Å². The van der Waals surface area contributed by atoms with Crippen LogP contribution in [0.5, 0.6) is 0 Å². The van der Waals surface area contributed by atoms with E-state index in [4.69, 9.17) is 23.2 Å². The SMILES string of the molecule is CC(Cc1cccc(F)c1)Nc1cc(Cl)ccc1Cl. The largest absolute Gasteiger partial charge is 0.381 e. The normalized spacial score (nSPS) is 12.2. The Hall–Kier alpha value is -1.25. The number of anilines is 1. The van der Waals surface area contributed by atoms with E-state index in [0.29, 0.717) is 16.5 Å². The standard InChI is InChI=1S/C15H14Cl2FN/c1-10(7-11-3-2-4-13(18)8-11)19-15-9-12(16)5-6-14(15)17/h2-6,8-10,19H,7H2,1H3. The van der Waals surface area contributed by atoms with Crippen LogP contribution in [0.3, 0.4) is 0 Å². The molecule has 0 heterocycles. The fourth-order valence-corrected chi connectivity index (χ4v) is 2.29. The summed E-state index contributed by atoms with van der Waals surface area (Å²) in [4.78, 5) is 0. The monoisotopic (exact) mass is 297 g/mol.